The van der Waals surface area contributed by atoms with Crippen LogP contribution in [0.25, 0.3) is 0 Å². The van der Waals surface area contributed by atoms with Crippen molar-refractivity contribution >= 4 is 18.3 Å². The quantitative estimate of drug-likeness (QED) is 0.807. The van der Waals surface area contributed by atoms with E-state index < -0.39 is 17.6 Å². The normalized spacial score (nSPS) is 31.6. The molecule has 0 aliphatic carbocycles. The number of likely N-dealkylation sites (tertiary alicyclic amines) is 1. The molecule has 0 aromatic heterocycles. The van der Waals surface area contributed by atoms with Crippen molar-refractivity contribution in [2.24, 2.45) is 5.92 Å². The Morgan fingerprint density at radius 1 is 1.30 bits per heavy atom. The number of carbonyl (C=O) groups is 1. The van der Waals surface area contributed by atoms with Gasteiger partial charge in [0, 0.05) is 13.1 Å². The van der Waals surface area contributed by atoms with E-state index in [4.69, 9.17) is 0 Å². The molecule has 2 fully saturated rings. The molecule has 0 spiro atoms. The lowest BCUT2D eigenvalue weighted by molar-refractivity contribution is -0.189. The van der Waals surface area contributed by atoms with Crippen LogP contribution in [-0.2, 0) is 4.79 Å². The van der Waals surface area contributed by atoms with Crippen LogP contribution in [0.3, 0.4) is 0 Å². The van der Waals surface area contributed by atoms with Crippen molar-refractivity contribution in [2.75, 3.05) is 19.6 Å². The molecule has 3 nitrogen and oxygen atoms in total. The summed E-state index contributed by atoms with van der Waals surface area (Å²) in [6.07, 6.45) is -0.942. The summed E-state index contributed by atoms with van der Waals surface area (Å²) < 4.78 is 38.3. The van der Waals surface area contributed by atoms with Crippen molar-refractivity contribution < 1.29 is 18.0 Å². The number of halogens is 4. The predicted molar refractivity (Wildman–Crippen MR) is 72.9 cm³/mol. The summed E-state index contributed by atoms with van der Waals surface area (Å²) in [6, 6.07) is 0. The zero-order chi connectivity index (χ0) is 14.1. The summed E-state index contributed by atoms with van der Waals surface area (Å²) in [7, 11) is 0. The smallest absolute Gasteiger partial charge is 0.340 e. The fourth-order valence-corrected chi connectivity index (χ4v) is 3.02. The highest BCUT2D eigenvalue weighted by molar-refractivity contribution is 5.86. The summed E-state index contributed by atoms with van der Waals surface area (Å²) in [5, 5.41) is 3.17. The molecule has 0 saturated carbocycles. The Bertz CT molecular complexity index is 343. The fraction of sp³-hybridized carbons (Fsp3) is 0.923. The molecule has 118 valence electrons. The number of rotatable bonds is 1. The van der Waals surface area contributed by atoms with Crippen molar-refractivity contribution in [1.29, 1.82) is 0 Å². The minimum absolute atomic E-state index is 0. The molecule has 2 aliphatic rings. The largest absolute Gasteiger partial charge is 0.393 e. The van der Waals surface area contributed by atoms with Gasteiger partial charge < -0.3 is 10.2 Å². The Hall–Kier alpha value is -0.490. The molecule has 1 N–H and O–H groups in total. The molecule has 0 bridgehead atoms. The molecule has 1 amide bonds. The van der Waals surface area contributed by atoms with Crippen molar-refractivity contribution in [3.05, 3.63) is 0 Å². The van der Waals surface area contributed by atoms with E-state index in [1.54, 1.807) is 0 Å². The van der Waals surface area contributed by atoms with Gasteiger partial charge in [-0.05, 0) is 45.6 Å². The lowest BCUT2D eigenvalue weighted by Gasteiger charge is -2.41. The number of hydrogen-bond donors (Lipinski definition) is 1. The number of hydrogen-bond acceptors (Lipinski definition) is 2. The first-order chi connectivity index (χ1) is 8.83. The van der Waals surface area contributed by atoms with Crippen molar-refractivity contribution in [3.8, 4) is 0 Å². The van der Waals surface area contributed by atoms with E-state index in [1.807, 2.05) is 6.92 Å². The number of nitrogens with one attached hydrogen (secondary N) is 1. The van der Waals surface area contributed by atoms with E-state index in [1.165, 1.54) is 4.90 Å². The van der Waals surface area contributed by atoms with E-state index in [0.29, 0.717) is 19.4 Å². The minimum Gasteiger partial charge on any atom is -0.340 e. The first-order valence-electron chi connectivity index (χ1n) is 6.94. The Morgan fingerprint density at radius 2 is 2.00 bits per heavy atom. The van der Waals surface area contributed by atoms with Crippen LogP contribution >= 0.6 is 12.4 Å². The average molecular weight is 315 g/mol. The second-order valence-electron chi connectivity index (χ2n) is 5.85. The molecular weight excluding hydrogens is 293 g/mol. The number of piperidine rings is 2. The van der Waals surface area contributed by atoms with Crippen molar-refractivity contribution in [3.63, 3.8) is 0 Å². The molecular formula is C13H22ClF3N2O. The van der Waals surface area contributed by atoms with Gasteiger partial charge in [0.2, 0.25) is 5.91 Å². The fourth-order valence-electron chi connectivity index (χ4n) is 3.02. The third kappa shape index (κ3) is 3.79. The maximum Gasteiger partial charge on any atom is 0.393 e. The van der Waals surface area contributed by atoms with Gasteiger partial charge in [-0.3, -0.25) is 4.79 Å². The molecule has 2 saturated heterocycles. The second kappa shape index (κ2) is 6.52. The summed E-state index contributed by atoms with van der Waals surface area (Å²) in [6.45, 7) is 2.84. The zero-order valence-electron chi connectivity index (χ0n) is 11.6. The van der Waals surface area contributed by atoms with Gasteiger partial charge in [0.25, 0.3) is 0 Å². The molecule has 2 unspecified atom stereocenters. The third-order valence-electron chi connectivity index (χ3n) is 4.26. The van der Waals surface area contributed by atoms with Gasteiger partial charge in [-0.1, -0.05) is 0 Å². The third-order valence-corrected chi connectivity index (χ3v) is 4.26. The molecule has 0 aromatic carbocycles. The van der Waals surface area contributed by atoms with Gasteiger partial charge >= 0.3 is 6.18 Å². The number of carbonyl (C=O) groups excluding carboxylic acids is 1. The van der Waals surface area contributed by atoms with Crippen LogP contribution in [-0.4, -0.2) is 42.2 Å². The van der Waals surface area contributed by atoms with Crippen LogP contribution in [0, 0.1) is 5.92 Å². The highest BCUT2D eigenvalue weighted by Crippen LogP contribution is 2.34. The van der Waals surface area contributed by atoms with Crippen LogP contribution in [0.1, 0.15) is 39.0 Å². The first-order valence-corrected chi connectivity index (χ1v) is 6.94. The second-order valence-corrected chi connectivity index (χ2v) is 5.85. The molecule has 20 heavy (non-hydrogen) atoms. The molecule has 0 radical (unpaired) electrons. The molecule has 2 rings (SSSR count). The van der Waals surface area contributed by atoms with Crippen molar-refractivity contribution in [1.82, 2.24) is 10.2 Å². The Morgan fingerprint density at radius 3 is 2.55 bits per heavy atom. The average Bonchev–Trinajstić information content (AvgIpc) is 2.38. The molecule has 2 aliphatic heterocycles. The van der Waals surface area contributed by atoms with Gasteiger partial charge in [-0.2, -0.15) is 13.2 Å². The Balaban J connectivity index is 0.00000200. The van der Waals surface area contributed by atoms with Crippen molar-refractivity contribution in [2.45, 2.75) is 50.7 Å². The maximum atomic E-state index is 12.8. The topological polar surface area (TPSA) is 32.3 Å². The van der Waals surface area contributed by atoms with Crippen LogP contribution < -0.4 is 5.32 Å². The van der Waals surface area contributed by atoms with Gasteiger partial charge in [0.05, 0.1) is 11.5 Å². The standard InChI is InChI=1S/C13H21F3N2O.ClH/c1-12(6-2-3-7-17-12)11(19)18-8-4-5-10(9-18)13(14,15)16;/h10,17H,2-9H2,1H3;1H. The molecule has 2 atom stereocenters. The lowest BCUT2D eigenvalue weighted by atomic mass is 9.88. The first kappa shape index (κ1) is 17.6. The van der Waals surface area contributed by atoms with Gasteiger partial charge in [0.1, 0.15) is 0 Å². The van der Waals surface area contributed by atoms with Gasteiger partial charge in [0.15, 0.2) is 0 Å². The minimum atomic E-state index is -4.19. The molecule has 7 heteroatoms. The predicted octanol–water partition coefficient (Wildman–Crippen LogP) is 2.74. The maximum absolute atomic E-state index is 12.8. The summed E-state index contributed by atoms with van der Waals surface area (Å²) in [4.78, 5) is 13.8. The van der Waals surface area contributed by atoms with Crippen LogP contribution in [0.2, 0.25) is 0 Å². The van der Waals surface area contributed by atoms with Crippen LogP contribution in [0.15, 0.2) is 0 Å². The van der Waals surface area contributed by atoms with Crippen LogP contribution in [0.4, 0.5) is 13.2 Å². The van der Waals surface area contributed by atoms with Gasteiger partial charge in [-0.15, -0.1) is 12.4 Å². The van der Waals surface area contributed by atoms with E-state index >= 15 is 0 Å². The summed E-state index contributed by atoms with van der Waals surface area (Å²) in [5.74, 6) is -1.53. The van der Waals surface area contributed by atoms with Gasteiger partial charge in [-0.25, -0.2) is 0 Å². The van der Waals surface area contributed by atoms with Crippen LogP contribution in [0.5, 0.6) is 0 Å². The van der Waals surface area contributed by atoms with E-state index in [2.05, 4.69) is 5.32 Å². The highest BCUT2D eigenvalue weighted by Gasteiger charge is 2.45. The number of nitrogens with zero attached hydrogens (tertiary/aromatic N) is 1. The highest BCUT2D eigenvalue weighted by atomic mass is 35.5. The SMILES string of the molecule is CC1(C(=O)N2CCCC(C(F)(F)F)C2)CCCCN1.Cl. The lowest BCUT2D eigenvalue weighted by Crippen LogP contribution is -2.60. The zero-order valence-corrected chi connectivity index (χ0v) is 12.4. The Kier molecular flexibility index (Phi) is 5.72. The van der Waals surface area contributed by atoms with E-state index in [-0.39, 0.29) is 31.3 Å². The number of amides is 1. The van der Waals surface area contributed by atoms with E-state index in [0.717, 1.165) is 19.4 Å². The summed E-state index contributed by atoms with van der Waals surface area (Å²) >= 11 is 0. The van der Waals surface area contributed by atoms with E-state index in [9.17, 15) is 18.0 Å². The number of alkyl halides is 3. The Labute approximate surface area is 123 Å². The monoisotopic (exact) mass is 314 g/mol. The molecule has 0 aromatic rings. The molecule has 2 heterocycles. The summed E-state index contributed by atoms with van der Waals surface area (Å²) in [5.41, 5.74) is -0.675.